The van der Waals surface area contributed by atoms with Crippen LogP contribution in [-0.4, -0.2) is 40.5 Å². The van der Waals surface area contributed by atoms with E-state index in [9.17, 15) is 9.59 Å². The number of ketones is 1. The molecule has 0 saturated carbocycles. The number of thiazole rings is 1. The fourth-order valence-electron chi connectivity index (χ4n) is 2.17. The van der Waals surface area contributed by atoms with E-state index in [1.54, 1.807) is 10.4 Å². The summed E-state index contributed by atoms with van der Waals surface area (Å²) >= 11 is 1.52. The van der Waals surface area contributed by atoms with Gasteiger partial charge in [0.2, 0.25) is 0 Å². The minimum atomic E-state index is -0.511. The van der Waals surface area contributed by atoms with Crippen LogP contribution < -0.4 is 0 Å². The van der Waals surface area contributed by atoms with Crippen molar-refractivity contribution in [2.45, 2.75) is 39.2 Å². The largest absolute Gasteiger partial charge is 0.444 e. The average molecular weight is 296 g/mol. The van der Waals surface area contributed by atoms with E-state index >= 15 is 0 Å². The van der Waals surface area contributed by atoms with Gasteiger partial charge in [-0.15, -0.1) is 11.3 Å². The van der Waals surface area contributed by atoms with Crippen molar-refractivity contribution in [1.29, 1.82) is 0 Å². The molecule has 1 aromatic heterocycles. The average Bonchev–Trinajstić information content (AvgIpc) is 2.82. The van der Waals surface area contributed by atoms with Crippen LogP contribution in [0.4, 0.5) is 4.79 Å². The van der Waals surface area contributed by atoms with Gasteiger partial charge in [-0.2, -0.15) is 0 Å². The number of ether oxygens (including phenoxy) is 1. The first kappa shape index (κ1) is 15.0. The lowest BCUT2D eigenvalue weighted by Gasteiger charge is -2.33. The third-order valence-corrected chi connectivity index (χ3v) is 3.75. The maximum atomic E-state index is 12.0. The smallest absolute Gasteiger partial charge is 0.410 e. The Morgan fingerprint density at radius 3 is 2.90 bits per heavy atom. The van der Waals surface area contributed by atoms with Crippen LogP contribution in [-0.2, 0) is 16.0 Å². The molecule has 1 aliphatic rings. The van der Waals surface area contributed by atoms with Crippen molar-refractivity contribution in [3.63, 3.8) is 0 Å². The molecule has 0 spiro atoms. The fraction of sp³-hybridized carbons (Fsp3) is 0.643. The van der Waals surface area contributed by atoms with Gasteiger partial charge in [0.05, 0.1) is 11.2 Å². The third-order valence-electron chi connectivity index (χ3n) is 3.11. The van der Waals surface area contributed by atoms with Gasteiger partial charge in [0, 0.05) is 37.2 Å². The van der Waals surface area contributed by atoms with Gasteiger partial charge in [-0.05, 0) is 20.8 Å². The van der Waals surface area contributed by atoms with Gasteiger partial charge in [-0.3, -0.25) is 4.79 Å². The molecular weight excluding hydrogens is 276 g/mol. The van der Waals surface area contributed by atoms with Crippen molar-refractivity contribution in [1.82, 2.24) is 9.88 Å². The highest BCUT2D eigenvalue weighted by molar-refractivity contribution is 7.07. The Morgan fingerprint density at radius 2 is 2.30 bits per heavy atom. The van der Waals surface area contributed by atoms with E-state index in [1.165, 1.54) is 11.3 Å². The van der Waals surface area contributed by atoms with Crippen LogP contribution in [0.25, 0.3) is 0 Å². The highest BCUT2D eigenvalue weighted by Crippen LogP contribution is 2.20. The molecule has 110 valence electrons. The second-order valence-corrected chi connectivity index (χ2v) is 6.74. The zero-order chi connectivity index (χ0) is 14.8. The molecule has 1 atom stereocenters. The van der Waals surface area contributed by atoms with Gasteiger partial charge in [-0.1, -0.05) is 0 Å². The van der Waals surface area contributed by atoms with Gasteiger partial charge < -0.3 is 9.64 Å². The topological polar surface area (TPSA) is 59.5 Å². The van der Waals surface area contributed by atoms with Crippen molar-refractivity contribution in [3.8, 4) is 0 Å². The van der Waals surface area contributed by atoms with Crippen LogP contribution in [0.1, 0.15) is 32.9 Å². The van der Waals surface area contributed by atoms with Gasteiger partial charge in [-0.25, -0.2) is 9.78 Å². The number of hydrogen-bond donors (Lipinski definition) is 0. The lowest BCUT2D eigenvalue weighted by molar-refractivity contribution is -0.125. The van der Waals surface area contributed by atoms with E-state index in [0.717, 1.165) is 5.69 Å². The maximum absolute atomic E-state index is 12.0. The number of nitrogens with zero attached hydrogens (tertiary/aromatic N) is 2. The Kier molecular flexibility index (Phi) is 4.42. The minimum absolute atomic E-state index is 0.168. The van der Waals surface area contributed by atoms with Crippen molar-refractivity contribution < 1.29 is 14.3 Å². The standard InChI is InChI=1S/C14H20N2O3S/c1-14(2,3)19-13(18)16-5-4-12(17)10(7-16)6-11-8-20-9-15-11/h8-10H,4-7H2,1-3H3. The summed E-state index contributed by atoms with van der Waals surface area (Å²) in [5, 5.41) is 1.94. The first-order valence-electron chi connectivity index (χ1n) is 6.73. The zero-order valence-electron chi connectivity index (χ0n) is 12.1. The molecule has 1 amide bonds. The number of likely N-dealkylation sites (tertiary alicyclic amines) is 1. The molecule has 1 fully saturated rings. The second-order valence-electron chi connectivity index (χ2n) is 6.02. The van der Waals surface area contributed by atoms with Crippen molar-refractivity contribution >= 4 is 23.2 Å². The maximum Gasteiger partial charge on any atom is 0.410 e. The summed E-state index contributed by atoms with van der Waals surface area (Å²) in [6.07, 6.45) is 0.656. The monoisotopic (exact) mass is 296 g/mol. The highest BCUT2D eigenvalue weighted by atomic mass is 32.1. The van der Waals surface area contributed by atoms with E-state index in [-0.39, 0.29) is 17.8 Å². The summed E-state index contributed by atoms with van der Waals surface area (Å²) in [5.74, 6) is 0.0381. The number of hydrogen-bond acceptors (Lipinski definition) is 5. The molecule has 2 rings (SSSR count). The van der Waals surface area contributed by atoms with E-state index in [1.807, 2.05) is 26.2 Å². The van der Waals surface area contributed by atoms with Gasteiger partial charge in [0.25, 0.3) is 0 Å². The molecule has 1 saturated heterocycles. The van der Waals surface area contributed by atoms with Crippen molar-refractivity contribution in [3.05, 3.63) is 16.6 Å². The Balaban J connectivity index is 1.97. The van der Waals surface area contributed by atoms with E-state index < -0.39 is 5.60 Å². The minimum Gasteiger partial charge on any atom is -0.444 e. The number of aromatic nitrogens is 1. The predicted octanol–water partition coefficient (Wildman–Crippen LogP) is 2.51. The number of carbonyl (C=O) groups excluding carboxylic acids is 2. The molecule has 0 aromatic carbocycles. The van der Waals surface area contributed by atoms with Gasteiger partial charge >= 0.3 is 6.09 Å². The molecule has 6 heteroatoms. The molecule has 0 bridgehead atoms. The summed E-state index contributed by atoms with van der Waals surface area (Å²) in [6.45, 7) is 6.39. The molecule has 1 aliphatic heterocycles. The first-order chi connectivity index (χ1) is 9.35. The summed E-state index contributed by atoms with van der Waals surface area (Å²) < 4.78 is 5.36. The van der Waals surface area contributed by atoms with Crippen molar-refractivity contribution in [2.75, 3.05) is 13.1 Å². The van der Waals surface area contributed by atoms with Crippen LogP contribution in [0.15, 0.2) is 10.9 Å². The third kappa shape index (κ3) is 4.03. The highest BCUT2D eigenvalue weighted by Gasteiger charge is 2.32. The molecule has 5 nitrogen and oxygen atoms in total. The van der Waals surface area contributed by atoms with E-state index in [4.69, 9.17) is 4.74 Å². The fourth-order valence-corrected chi connectivity index (χ4v) is 2.74. The van der Waals surface area contributed by atoms with Crippen molar-refractivity contribution in [2.24, 2.45) is 5.92 Å². The lowest BCUT2D eigenvalue weighted by Crippen LogP contribution is -2.46. The molecule has 20 heavy (non-hydrogen) atoms. The predicted molar refractivity (Wildman–Crippen MR) is 76.7 cm³/mol. The number of amides is 1. The summed E-state index contributed by atoms with van der Waals surface area (Å²) in [5.41, 5.74) is 2.16. The molecule has 0 N–H and O–H groups in total. The summed E-state index contributed by atoms with van der Waals surface area (Å²) in [6, 6.07) is 0. The Morgan fingerprint density at radius 1 is 1.55 bits per heavy atom. The van der Waals surface area contributed by atoms with Crippen LogP contribution >= 0.6 is 11.3 Å². The Bertz CT molecular complexity index is 479. The SMILES string of the molecule is CC(C)(C)OC(=O)N1CCC(=O)C(Cc2cscn2)C1. The van der Waals surface area contributed by atoms with Crippen LogP contribution in [0.3, 0.4) is 0 Å². The van der Waals surface area contributed by atoms with Crippen LogP contribution in [0.2, 0.25) is 0 Å². The lowest BCUT2D eigenvalue weighted by atomic mass is 9.92. The summed E-state index contributed by atoms with van der Waals surface area (Å²) in [7, 11) is 0. The summed E-state index contributed by atoms with van der Waals surface area (Å²) in [4.78, 5) is 29.9. The van der Waals surface area contributed by atoms with Gasteiger partial charge in [0.1, 0.15) is 11.4 Å². The van der Waals surface area contributed by atoms with E-state index in [0.29, 0.717) is 25.9 Å². The number of Topliss-reactive ketones (excluding diaryl/α,β-unsaturated/α-hetero) is 1. The second kappa shape index (κ2) is 5.91. The zero-order valence-corrected chi connectivity index (χ0v) is 12.9. The number of rotatable bonds is 2. The molecule has 0 aliphatic carbocycles. The molecule has 1 unspecified atom stereocenters. The van der Waals surface area contributed by atoms with E-state index in [2.05, 4.69) is 4.98 Å². The number of piperidine rings is 1. The Hall–Kier alpha value is -1.43. The Labute approximate surface area is 122 Å². The first-order valence-corrected chi connectivity index (χ1v) is 7.67. The van der Waals surface area contributed by atoms with Crippen LogP contribution in [0, 0.1) is 5.92 Å². The van der Waals surface area contributed by atoms with Gasteiger partial charge in [0.15, 0.2) is 0 Å². The van der Waals surface area contributed by atoms with Crippen LogP contribution in [0.5, 0.6) is 0 Å². The molecule has 1 aromatic rings. The molecule has 2 heterocycles. The molecular formula is C14H20N2O3S. The normalized spacial score (nSPS) is 20.1. The molecule has 0 radical (unpaired) electrons. The quantitative estimate of drug-likeness (QED) is 0.841. The number of carbonyl (C=O) groups is 2.